The predicted octanol–water partition coefficient (Wildman–Crippen LogP) is 2.68. The van der Waals surface area contributed by atoms with Gasteiger partial charge in [0.25, 0.3) is 5.56 Å². The molecule has 0 aliphatic carbocycles. The summed E-state index contributed by atoms with van der Waals surface area (Å²) in [6.07, 6.45) is -4.56. The number of benzene rings is 1. The quantitative estimate of drug-likeness (QED) is 0.877. The van der Waals surface area contributed by atoms with Crippen LogP contribution in [-0.4, -0.2) is 9.97 Å². The topological polar surface area (TPSA) is 71.8 Å². The van der Waals surface area contributed by atoms with E-state index in [9.17, 15) is 18.0 Å². The minimum Gasteiger partial charge on any atom is -0.325 e. The fourth-order valence-electron chi connectivity index (χ4n) is 1.70. The zero-order valence-electron chi connectivity index (χ0n) is 9.96. The lowest BCUT2D eigenvalue weighted by molar-refractivity contribution is -0.137. The Labute approximate surface area is 120 Å². The molecule has 0 bridgehead atoms. The number of nitrogens with two attached hydrogens (primary N) is 1. The Morgan fingerprint density at radius 3 is 2.60 bits per heavy atom. The molecule has 0 saturated heterocycles. The smallest absolute Gasteiger partial charge is 0.325 e. The number of H-pyrrole nitrogens is 1. The monoisotopic (exact) mass is 347 g/mol. The van der Waals surface area contributed by atoms with E-state index in [0.717, 1.165) is 12.1 Å². The van der Waals surface area contributed by atoms with Crippen LogP contribution in [0.4, 0.5) is 13.2 Å². The van der Waals surface area contributed by atoms with Gasteiger partial charge in [0.1, 0.15) is 5.82 Å². The van der Waals surface area contributed by atoms with Crippen LogP contribution in [0, 0.1) is 0 Å². The zero-order chi connectivity index (χ0) is 14.9. The lowest BCUT2D eigenvalue weighted by Gasteiger charge is -2.13. The summed E-state index contributed by atoms with van der Waals surface area (Å²) in [6.45, 7) is -0.0329. The maximum absolute atomic E-state index is 13.0. The Balaban J connectivity index is 2.70. The summed E-state index contributed by atoms with van der Waals surface area (Å²) in [5.41, 5.74) is 3.96. The van der Waals surface area contributed by atoms with Crippen molar-refractivity contribution in [2.45, 2.75) is 12.7 Å². The summed E-state index contributed by atoms with van der Waals surface area (Å²) in [7, 11) is 0. The lowest BCUT2D eigenvalue weighted by atomic mass is 10.1. The van der Waals surface area contributed by atoms with Crippen molar-refractivity contribution in [1.29, 1.82) is 0 Å². The number of hydrogen-bond acceptors (Lipinski definition) is 3. The maximum atomic E-state index is 13.0. The normalized spacial score (nSPS) is 11.7. The number of nitrogens with zero attached hydrogens (tertiary/aromatic N) is 1. The Hall–Kier alpha value is -1.67. The minimum absolute atomic E-state index is 0.0329. The molecule has 1 heterocycles. The molecule has 2 aromatic rings. The van der Waals surface area contributed by atoms with Crippen LogP contribution in [0.25, 0.3) is 11.4 Å². The van der Waals surface area contributed by atoms with Crippen LogP contribution in [0.5, 0.6) is 0 Å². The lowest BCUT2D eigenvalue weighted by Crippen LogP contribution is -2.15. The van der Waals surface area contributed by atoms with Gasteiger partial charge >= 0.3 is 6.18 Å². The standard InChI is InChI=1S/C12H9BrF3N3O/c13-6-1-2-8(9(3-6)12(14,15)16)11-18-7(5-17)4-10(20)19-11/h1-4H,5,17H2,(H,18,19,20). The molecule has 0 atom stereocenters. The molecule has 0 saturated carbocycles. The van der Waals surface area contributed by atoms with Gasteiger partial charge in [-0.3, -0.25) is 4.79 Å². The fourth-order valence-corrected chi connectivity index (χ4v) is 2.06. The van der Waals surface area contributed by atoms with Crippen molar-refractivity contribution < 1.29 is 13.2 Å². The molecule has 8 heteroatoms. The van der Waals surface area contributed by atoms with Gasteiger partial charge in [0.2, 0.25) is 0 Å². The average Bonchev–Trinajstić information content (AvgIpc) is 2.36. The van der Waals surface area contributed by atoms with Crippen molar-refractivity contribution in [3.05, 3.63) is 50.3 Å². The molecule has 3 N–H and O–H groups in total. The summed E-state index contributed by atoms with van der Waals surface area (Å²) in [5, 5.41) is 0. The number of rotatable bonds is 2. The van der Waals surface area contributed by atoms with Gasteiger partial charge in [-0.2, -0.15) is 13.2 Å². The van der Waals surface area contributed by atoms with Gasteiger partial charge in [0.15, 0.2) is 0 Å². The number of halogens is 4. The van der Waals surface area contributed by atoms with Crippen LogP contribution in [0.1, 0.15) is 11.3 Å². The molecule has 4 nitrogen and oxygen atoms in total. The van der Waals surface area contributed by atoms with Crippen molar-refractivity contribution in [2.24, 2.45) is 5.73 Å². The number of hydrogen-bond donors (Lipinski definition) is 2. The van der Waals surface area contributed by atoms with Crippen molar-refractivity contribution in [3.8, 4) is 11.4 Å². The van der Waals surface area contributed by atoms with E-state index in [1.54, 1.807) is 0 Å². The first kappa shape index (κ1) is 14.7. The molecule has 0 radical (unpaired) electrons. The first-order valence-corrected chi connectivity index (χ1v) is 6.28. The number of alkyl halides is 3. The Kier molecular flexibility index (Phi) is 3.96. The molecule has 0 aliphatic heterocycles. The van der Waals surface area contributed by atoms with Crippen molar-refractivity contribution in [1.82, 2.24) is 9.97 Å². The SMILES string of the molecule is NCc1cc(=O)[nH]c(-c2ccc(Br)cc2C(F)(F)F)n1. The molecule has 20 heavy (non-hydrogen) atoms. The number of nitrogens with one attached hydrogen (secondary N) is 1. The molecule has 0 fully saturated rings. The highest BCUT2D eigenvalue weighted by Crippen LogP contribution is 2.37. The molecule has 2 rings (SSSR count). The summed E-state index contributed by atoms with van der Waals surface area (Å²) >= 11 is 2.99. The van der Waals surface area contributed by atoms with Crippen LogP contribution < -0.4 is 11.3 Å². The minimum atomic E-state index is -4.56. The van der Waals surface area contributed by atoms with Gasteiger partial charge in [0.05, 0.1) is 11.3 Å². The third kappa shape index (κ3) is 3.07. The first-order chi connectivity index (χ1) is 9.31. The van der Waals surface area contributed by atoms with Gasteiger partial charge in [0, 0.05) is 22.6 Å². The Bertz CT molecular complexity index is 697. The molecule has 106 valence electrons. The van der Waals surface area contributed by atoms with Crippen LogP contribution in [0.2, 0.25) is 0 Å². The van der Waals surface area contributed by atoms with E-state index < -0.39 is 17.3 Å². The molecule has 0 unspecified atom stereocenters. The van der Waals surface area contributed by atoms with E-state index in [-0.39, 0.29) is 28.1 Å². The third-order valence-corrected chi connectivity index (χ3v) is 3.04. The van der Waals surface area contributed by atoms with Gasteiger partial charge in [-0.25, -0.2) is 4.98 Å². The highest BCUT2D eigenvalue weighted by Gasteiger charge is 2.34. The number of aromatic amines is 1. The average molecular weight is 348 g/mol. The molecule has 1 aromatic carbocycles. The Morgan fingerprint density at radius 1 is 1.30 bits per heavy atom. The number of aromatic nitrogens is 2. The zero-order valence-corrected chi connectivity index (χ0v) is 11.5. The molecule has 0 amide bonds. The summed E-state index contributed by atoms with van der Waals surface area (Å²) < 4.78 is 39.4. The van der Waals surface area contributed by atoms with Crippen molar-refractivity contribution in [2.75, 3.05) is 0 Å². The highest BCUT2D eigenvalue weighted by atomic mass is 79.9. The van der Waals surface area contributed by atoms with E-state index in [2.05, 4.69) is 25.9 Å². The van der Waals surface area contributed by atoms with Crippen molar-refractivity contribution in [3.63, 3.8) is 0 Å². The largest absolute Gasteiger partial charge is 0.417 e. The van der Waals surface area contributed by atoms with Gasteiger partial charge in [-0.1, -0.05) is 15.9 Å². The fraction of sp³-hybridized carbons (Fsp3) is 0.167. The summed E-state index contributed by atoms with van der Waals surface area (Å²) in [6, 6.07) is 4.77. The second-order valence-corrected chi connectivity index (χ2v) is 4.89. The summed E-state index contributed by atoms with van der Waals surface area (Å²) in [4.78, 5) is 17.7. The molecule has 0 aliphatic rings. The van der Waals surface area contributed by atoms with Crippen molar-refractivity contribution >= 4 is 15.9 Å². The van der Waals surface area contributed by atoms with E-state index in [4.69, 9.17) is 5.73 Å². The second-order valence-electron chi connectivity index (χ2n) is 3.98. The molecular weight excluding hydrogens is 339 g/mol. The molecule has 1 aromatic heterocycles. The predicted molar refractivity (Wildman–Crippen MR) is 70.9 cm³/mol. The molecule has 0 spiro atoms. The second kappa shape index (κ2) is 5.37. The van der Waals surface area contributed by atoms with Crippen LogP contribution in [-0.2, 0) is 12.7 Å². The Morgan fingerprint density at radius 2 is 2.00 bits per heavy atom. The van der Waals surface area contributed by atoms with E-state index in [1.165, 1.54) is 12.1 Å². The van der Waals surface area contributed by atoms with E-state index >= 15 is 0 Å². The molecular formula is C12H9BrF3N3O. The van der Waals surface area contributed by atoms with Gasteiger partial charge in [-0.05, 0) is 18.2 Å². The van der Waals surface area contributed by atoms with E-state index in [0.29, 0.717) is 0 Å². The van der Waals surface area contributed by atoms with Gasteiger partial charge < -0.3 is 10.7 Å². The van der Waals surface area contributed by atoms with E-state index in [1.807, 2.05) is 0 Å². The maximum Gasteiger partial charge on any atom is 0.417 e. The summed E-state index contributed by atoms with van der Waals surface area (Å²) in [5.74, 6) is -0.155. The highest BCUT2D eigenvalue weighted by molar-refractivity contribution is 9.10. The first-order valence-electron chi connectivity index (χ1n) is 5.48. The van der Waals surface area contributed by atoms with Crippen LogP contribution in [0.15, 0.2) is 33.5 Å². The van der Waals surface area contributed by atoms with Crippen LogP contribution >= 0.6 is 15.9 Å². The van der Waals surface area contributed by atoms with Gasteiger partial charge in [-0.15, -0.1) is 0 Å². The third-order valence-electron chi connectivity index (χ3n) is 2.55. The van der Waals surface area contributed by atoms with Crippen LogP contribution in [0.3, 0.4) is 0 Å².